The summed E-state index contributed by atoms with van der Waals surface area (Å²) in [5.74, 6) is 0.369. The zero-order chi connectivity index (χ0) is 14.6. The molecule has 1 unspecified atom stereocenters. The van der Waals surface area contributed by atoms with Crippen molar-refractivity contribution in [3.05, 3.63) is 53.6 Å². The number of benzene rings is 1. The molecular formula is C18H24O2. The van der Waals surface area contributed by atoms with Gasteiger partial charge >= 0.3 is 0 Å². The van der Waals surface area contributed by atoms with Gasteiger partial charge in [0.05, 0.1) is 0 Å². The Morgan fingerprint density at radius 1 is 1.20 bits per heavy atom. The van der Waals surface area contributed by atoms with Crippen LogP contribution < -0.4 is 0 Å². The highest BCUT2D eigenvalue weighted by atomic mass is 16.7. The Balaban J connectivity index is 2.47. The lowest BCUT2D eigenvalue weighted by molar-refractivity contribution is -0.120. The first-order valence-corrected chi connectivity index (χ1v) is 7.17. The van der Waals surface area contributed by atoms with Crippen LogP contribution in [-0.4, -0.2) is 19.5 Å². The third-order valence-corrected chi connectivity index (χ3v) is 4.01. The molecule has 108 valence electrons. The molecule has 1 aliphatic carbocycles. The Morgan fingerprint density at radius 2 is 1.90 bits per heavy atom. The van der Waals surface area contributed by atoms with Crippen LogP contribution in [0.25, 0.3) is 5.57 Å². The lowest BCUT2D eigenvalue weighted by Gasteiger charge is -2.41. The average Bonchev–Trinajstić information content (AvgIpc) is 2.47. The second kappa shape index (κ2) is 6.38. The molecule has 1 aliphatic rings. The van der Waals surface area contributed by atoms with E-state index in [4.69, 9.17) is 9.47 Å². The first-order chi connectivity index (χ1) is 9.60. The summed E-state index contributed by atoms with van der Waals surface area (Å²) >= 11 is 0. The van der Waals surface area contributed by atoms with Crippen molar-refractivity contribution in [2.45, 2.75) is 32.8 Å². The van der Waals surface area contributed by atoms with Crippen molar-refractivity contribution in [1.82, 2.24) is 0 Å². The van der Waals surface area contributed by atoms with Crippen LogP contribution >= 0.6 is 0 Å². The predicted molar refractivity (Wildman–Crippen MR) is 83.3 cm³/mol. The van der Waals surface area contributed by atoms with Crippen LogP contribution in [0.3, 0.4) is 0 Å². The molecule has 0 spiro atoms. The molecular weight excluding hydrogens is 248 g/mol. The Hall–Kier alpha value is -1.38. The molecule has 0 aliphatic heterocycles. The summed E-state index contributed by atoms with van der Waals surface area (Å²) in [5, 5.41) is 0. The van der Waals surface area contributed by atoms with Gasteiger partial charge in [-0.3, -0.25) is 0 Å². The second-order valence-electron chi connectivity index (χ2n) is 5.67. The molecule has 0 bridgehead atoms. The first-order valence-electron chi connectivity index (χ1n) is 7.17. The fraction of sp³-hybridized carbons (Fsp3) is 0.444. The SMILES string of the molecule is COCOC1(C(C)C)CC=C(C)C=C1c1ccccc1. The topological polar surface area (TPSA) is 18.5 Å². The van der Waals surface area contributed by atoms with Crippen molar-refractivity contribution >= 4 is 5.57 Å². The normalized spacial score (nSPS) is 22.6. The van der Waals surface area contributed by atoms with Gasteiger partial charge < -0.3 is 9.47 Å². The number of ether oxygens (including phenoxy) is 2. The van der Waals surface area contributed by atoms with E-state index in [0.29, 0.717) is 12.7 Å². The molecule has 2 heteroatoms. The van der Waals surface area contributed by atoms with E-state index in [1.54, 1.807) is 7.11 Å². The Labute approximate surface area is 122 Å². The fourth-order valence-electron chi connectivity index (χ4n) is 2.79. The van der Waals surface area contributed by atoms with Gasteiger partial charge in [-0.1, -0.05) is 61.9 Å². The molecule has 2 nitrogen and oxygen atoms in total. The van der Waals surface area contributed by atoms with E-state index in [-0.39, 0.29) is 5.60 Å². The van der Waals surface area contributed by atoms with Crippen LogP contribution in [0.1, 0.15) is 32.8 Å². The number of hydrogen-bond acceptors (Lipinski definition) is 2. The van der Waals surface area contributed by atoms with Crippen molar-refractivity contribution in [3.63, 3.8) is 0 Å². The summed E-state index contributed by atoms with van der Waals surface area (Å²) in [6, 6.07) is 10.5. The van der Waals surface area contributed by atoms with Crippen LogP contribution in [0, 0.1) is 5.92 Å². The van der Waals surface area contributed by atoms with Gasteiger partial charge in [-0.05, 0) is 30.4 Å². The smallest absolute Gasteiger partial charge is 0.147 e. The van der Waals surface area contributed by atoms with Gasteiger partial charge in [-0.25, -0.2) is 0 Å². The molecule has 1 atom stereocenters. The molecule has 0 aromatic heterocycles. The van der Waals surface area contributed by atoms with E-state index in [1.807, 2.05) is 6.07 Å². The summed E-state index contributed by atoms with van der Waals surface area (Å²) in [4.78, 5) is 0. The maximum absolute atomic E-state index is 6.16. The van der Waals surface area contributed by atoms with E-state index in [0.717, 1.165) is 6.42 Å². The van der Waals surface area contributed by atoms with Gasteiger partial charge in [0, 0.05) is 7.11 Å². The van der Waals surface area contributed by atoms with E-state index in [2.05, 4.69) is 57.2 Å². The molecule has 0 saturated heterocycles. The molecule has 0 heterocycles. The third-order valence-electron chi connectivity index (χ3n) is 4.01. The maximum atomic E-state index is 6.16. The van der Waals surface area contributed by atoms with Gasteiger partial charge in [-0.2, -0.15) is 0 Å². The molecule has 0 radical (unpaired) electrons. The Bertz CT molecular complexity index is 499. The fourth-order valence-corrected chi connectivity index (χ4v) is 2.79. The summed E-state index contributed by atoms with van der Waals surface area (Å²) in [5.41, 5.74) is 3.47. The van der Waals surface area contributed by atoms with Crippen molar-refractivity contribution < 1.29 is 9.47 Å². The molecule has 20 heavy (non-hydrogen) atoms. The zero-order valence-electron chi connectivity index (χ0n) is 12.8. The Kier molecular flexibility index (Phi) is 4.79. The first kappa shape index (κ1) is 15.0. The van der Waals surface area contributed by atoms with Gasteiger partial charge in [0.2, 0.25) is 0 Å². The van der Waals surface area contributed by atoms with Crippen molar-refractivity contribution in [2.24, 2.45) is 5.92 Å². The Morgan fingerprint density at radius 3 is 2.50 bits per heavy atom. The number of rotatable bonds is 5. The molecule has 0 fully saturated rings. The highest BCUT2D eigenvalue weighted by Crippen LogP contribution is 2.43. The molecule has 0 N–H and O–H groups in total. The van der Waals surface area contributed by atoms with Crippen molar-refractivity contribution in [1.29, 1.82) is 0 Å². The highest BCUT2D eigenvalue weighted by Gasteiger charge is 2.40. The second-order valence-corrected chi connectivity index (χ2v) is 5.67. The third kappa shape index (κ3) is 2.87. The minimum atomic E-state index is -0.309. The van der Waals surface area contributed by atoms with Crippen LogP contribution in [0.4, 0.5) is 0 Å². The summed E-state index contributed by atoms with van der Waals surface area (Å²) in [6.07, 6.45) is 5.39. The van der Waals surface area contributed by atoms with Crippen molar-refractivity contribution in [2.75, 3.05) is 13.9 Å². The summed E-state index contributed by atoms with van der Waals surface area (Å²) in [7, 11) is 1.67. The predicted octanol–water partition coefficient (Wildman–Crippen LogP) is 4.44. The number of allylic oxidation sites excluding steroid dienone is 2. The van der Waals surface area contributed by atoms with Gasteiger partial charge in [0.25, 0.3) is 0 Å². The number of methoxy groups -OCH3 is 1. The van der Waals surface area contributed by atoms with Crippen LogP contribution in [0.15, 0.2) is 48.1 Å². The minimum Gasteiger partial charge on any atom is -0.359 e. The van der Waals surface area contributed by atoms with Gasteiger partial charge in [0.1, 0.15) is 12.4 Å². The monoisotopic (exact) mass is 272 g/mol. The van der Waals surface area contributed by atoms with Crippen LogP contribution in [0.2, 0.25) is 0 Å². The molecule has 0 amide bonds. The summed E-state index contributed by atoms with van der Waals surface area (Å²) in [6.45, 7) is 6.88. The summed E-state index contributed by atoms with van der Waals surface area (Å²) < 4.78 is 11.3. The van der Waals surface area contributed by atoms with Gasteiger partial charge in [-0.15, -0.1) is 0 Å². The van der Waals surface area contributed by atoms with E-state index in [1.165, 1.54) is 16.7 Å². The van der Waals surface area contributed by atoms with Crippen LogP contribution in [0.5, 0.6) is 0 Å². The molecule has 0 saturated carbocycles. The standard InChI is InChI=1S/C18H24O2/c1-14(2)18(20-13-19-4)11-10-15(3)12-17(18)16-8-6-5-7-9-16/h5-10,12,14H,11,13H2,1-4H3. The lowest BCUT2D eigenvalue weighted by Crippen LogP contribution is -2.41. The maximum Gasteiger partial charge on any atom is 0.147 e. The lowest BCUT2D eigenvalue weighted by atomic mass is 9.74. The molecule has 1 aromatic rings. The molecule has 2 rings (SSSR count). The zero-order valence-corrected chi connectivity index (χ0v) is 12.8. The minimum absolute atomic E-state index is 0.309. The van der Waals surface area contributed by atoms with E-state index < -0.39 is 0 Å². The van der Waals surface area contributed by atoms with E-state index >= 15 is 0 Å². The van der Waals surface area contributed by atoms with Gasteiger partial charge in [0.15, 0.2) is 0 Å². The highest BCUT2D eigenvalue weighted by molar-refractivity contribution is 5.76. The average molecular weight is 272 g/mol. The van der Waals surface area contributed by atoms with E-state index in [9.17, 15) is 0 Å². The molecule has 1 aromatic carbocycles. The quantitative estimate of drug-likeness (QED) is 0.738. The number of hydrogen-bond donors (Lipinski definition) is 0. The van der Waals surface area contributed by atoms with Crippen LogP contribution in [-0.2, 0) is 9.47 Å². The van der Waals surface area contributed by atoms with Crippen molar-refractivity contribution in [3.8, 4) is 0 Å². The largest absolute Gasteiger partial charge is 0.359 e.